The molecule has 0 aliphatic heterocycles. The van der Waals surface area contributed by atoms with E-state index in [1.54, 1.807) is 42.1 Å². The molecule has 0 amide bonds. The van der Waals surface area contributed by atoms with E-state index in [4.69, 9.17) is 14.6 Å². The molecule has 0 aliphatic rings. The van der Waals surface area contributed by atoms with Gasteiger partial charge in [-0.15, -0.1) is 0 Å². The van der Waals surface area contributed by atoms with Crippen molar-refractivity contribution in [3.63, 3.8) is 0 Å². The number of ketones is 2. The van der Waals surface area contributed by atoms with Gasteiger partial charge in [0, 0.05) is 34.7 Å². The van der Waals surface area contributed by atoms with E-state index in [1.807, 2.05) is 20.8 Å². The molecule has 0 spiro atoms. The minimum atomic E-state index is -0.532. The van der Waals surface area contributed by atoms with E-state index in [0.717, 1.165) is 0 Å². The number of methoxy groups -OCH3 is 1. The Balaban J connectivity index is 2.00. The van der Waals surface area contributed by atoms with Crippen LogP contribution in [-0.2, 0) is 11.3 Å². The lowest BCUT2D eigenvalue weighted by molar-refractivity contribution is -0.127. The molecule has 30 heavy (non-hydrogen) atoms. The first-order valence-electron chi connectivity index (χ1n) is 9.57. The van der Waals surface area contributed by atoms with Crippen molar-refractivity contribution in [1.29, 1.82) is 0 Å². The van der Waals surface area contributed by atoms with Gasteiger partial charge in [0.15, 0.2) is 5.78 Å². The van der Waals surface area contributed by atoms with Gasteiger partial charge in [-0.2, -0.15) is 5.10 Å². The molecule has 8 nitrogen and oxygen atoms in total. The van der Waals surface area contributed by atoms with Crippen LogP contribution in [-0.4, -0.2) is 51.8 Å². The maximum absolute atomic E-state index is 13.1. The average Bonchev–Trinajstić information content (AvgIpc) is 3.09. The maximum atomic E-state index is 13.1. The first-order chi connectivity index (χ1) is 14.2. The van der Waals surface area contributed by atoms with Crippen molar-refractivity contribution in [3.05, 3.63) is 47.8 Å². The molecule has 3 aromatic rings. The Hall–Kier alpha value is -3.26. The molecule has 2 aromatic heterocycles. The highest BCUT2D eigenvalue weighted by atomic mass is 16.5. The van der Waals surface area contributed by atoms with Gasteiger partial charge in [0.25, 0.3) is 0 Å². The molecular formula is C22H25N3O5. The van der Waals surface area contributed by atoms with Gasteiger partial charge in [0.2, 0.25) is 11.7 Å². The van der Waals surface area contributed by atoms with Crippen molar-refractivity contribution < 1.29 is 24.2 Å². The van der Waals surface area contributed by atoms with Crippen LogP contribution in [0, 0.1) is 5.41 Å². The van der Waals surface area contributed by atoms with Crippen molar-refractivity contribution in [2.45, 2.75) is 27.3 Å². The van der Waals surface area contributed by atoms with E-state index >= 15 is 0 Å². The molecule has 3 rings (SSSR count). The van der Waals surface area contributed by atoms with Crippen LogP contribution >= 0.6 is 0 Å². The van der Waals surface area contributed by atoms with Gasteiger partial charge >= 0.3 is 0 Å². The van der Waals surface area contributed by atoms with Gasteiger partial charge in [-0.1, -0.05) is 20.8 Å². The normalized spacial score (nSPS) is 11.5. The summed E-state index contributed by atoms with van der Waals surface area (Å²) in [5.74, 6) is 0.614. The van der Waals surface area contributed by atoms with Crippen molar-refractivity contribution in [2.24, 2.45) is 5.41 Å². The Morgan fingerprint density at radius 1 is 1.17 bits per heavy atom. The third-order valence-corrected chi connectivity index (χ3v) is 4.64. The summed E-state index contributed by atoms with van der Waals surface area (Å²) in [4.78, 5) is 29.8. The van der Waals surface area contributed by atoms with E-state index in [2.05, 4.69) is 10.1 Å². The summed E-state index contributed by atoms with van der Waals surface area (Å²) in [7, 11) is 1.56. The van der Waals surface area contributed by atoms with Gasteiger partial charge in [0.1, 0.15) is 24.6 Å². The number of aromatic nitrogens is 3. The van der Waals surface area contributed by atoms with Crippen LogP contribution in [0.1, 0.15) is 36.8 Å². The fourth-order valence-electron chi connectivity index (χ4n) is 2.83. The molecule has 1 aromatic carbocycles. The third-order valence-electron chi connectivity index (χ3n) is 4.64. The summed E-state index contributed by atoms with van der Waals surface area (Å²) in [6.07, 6.45) is 1.41. The molecule has 0 aliphatic carbocycles. The van der Waals surface area contributed by atoms with Crippen LogP contribution < -0.4 is 9.47 Å². The van der Waals surface area contributed by atoms with Crippen LogP contribution in [0.3, 0.4) is 0 Å². The number of pyridine rings is 1. The smallest absolute Gasteiger partial charge is 0.215 e. The average molecular weight is 411 g/mol. The minimum Gasteiger partial charge on any atom is -0.497 e. The topological polar surface area (TPSA) is 104 Å². The van der Waals surface area contributed by atoms with Crippen LogP contribution in [0.25, 0.3) is 10.9 Å². The van der Waals surface area contributed by atoms with Crippen LogP contribution in [0.15, 0.2) is 36.5 Å². The number of nitrogens with zero attached hydrogens (tertiary/aromatic N) is 3. The van der Waals surface area contributed by atoms with E-state index in [-0.39, 0.29) is 37.0 Å². The molecule has 8 heteroatoms. The highest BCUT2D eigenvalue weighted by molar-refractivity contribution is 6.15. The molecule has 0 atom stereocenters. The summed E-state index contributed by atoms with van der Waals surface area (Å²) >= 11 is 0. The zero-order valence-corrected chi connectivity index (χ0v) is 17.5. The Morgan fingerprint density at radius 3 is 2.53 bits per heavy atom. The van der Waals surface area contributed by atoms with Gasteiger partial charge in [0.05, 0.1) is 19.2 Å². The number of Topliss-reactive ketones (excluding diaryl/α,β-unsaturated/α-hetero) is 1. The number of hydrogen-bond acceptors (Lipinski definition) is 7. The lowest BCUT2D eigenvalue weighted by Crippen LogP contribution is -2.25. The van der Waals surface area contributed by atoms with Gasteiger partial charge in [-0.3, -0.25) is 14.3 Å². The minimum absolute atomic E-state index is 0.000713. The molecule has 1 N–H and O–H groups in total. The molecule has 2 heterocycles. The maximum Gasteiger partial charge on any atom is 0.215 e. The number of benzene rings is 1. The molecule has 0 fully saturated rings. The zero-order chi connectivity index (χ0) is 21.9. The predicted molar refractivity (Wildman–Crippen MR) is 111 cm³/mol. The number of aliphatic hydroxyl groups excluding tert-OH is 1. The summed E-state index contributed by atoms with van der Waals surface area (Å²) in [6, 6.07) is 8.43. The second-order valence-corrected chi connectivity index (χ2v) is 7.85. The molecular weight excluding hydrogens is 386 g/mol. The van der Waals surface area contributed by atoms with Crippen LogP contribution in [0.4, 0.5) is 0 Å². The largest absolute Gasteiger partial charge is 0.497 e. The third kappa shape index (κ3) is 4.49. The van der Waals surface area contributed by atoms with E-state index in [1.165, 1.54) is 6.20 Å². The van der Waals surface area contributed by atoms with E-state index in [0.29, 0.717) is 28.1 Å². The first-order valence-corrected chi connectivity index (χ1v) is 9.57. The van der Waals surface area contributed by atoms with Crippen molar-refractivity contribution >= 4 is 22.5 Å². The summed E-state index contributed by atoms with van der Waals surface area (Å²) in [5, 5.41) is 13.9. The van der Waals surface area contributed by atoms with Crippen molar-refractivity contribution in [3.8, 4) is 11.6 Å². The van der Waals surface area contributed by atoms with Crippen molar-refractivity contribution in [1.82, 2.24) is 14.8 Å². The second-order valence-electron chi connectivity index (χ2n) is 7.85. The number of aliphatic hydroxyl groups is 1. The molecule has 0 bridgehead atoms. The van der Waals surface area contributed by atoms with Crippen molar-refractivity contribution in [2.75, 3.05) is 20.3 Å². The van der Waals surface area contributed by atoms with Crippen LogP contribution in [0.5, 0.6) is 11.6 Å². The molecule has 0 unspecified atom stereocenters. The predicted octanol–water partition coefficient (Wildman–Crippen LogP) is 2.66. The number of carbonyl (C=O) groups is 2. The molecule has 0 saturated carbocycles. The zero-order valence-electron chi connectivity index (χ0n) is 17.5. The van der Waals surface area contributed by atoms with E-state index in [9.17, 15) is 9.59 Å². The number of rotatable bonds is 8. The SMILES string of the molecule is COc1ccc2c(C(=O)c3ccc(OCCO)nc3)nn(CC(=O)C(C)(C)C)c2c1. The molecule has 0 radical (unpaired) electrons. The summed E-state index contributed by atoms with van der Waals surface area (Å²) < 4.78 is 12.1. The second kappa shape index (κ2) is 8.62. The van der Waals surface area contributed by atoms with Gasteiger partial charge < -0.3 is 14.6 Å². The monoisotopic (exact) mass is 411 g/mol. The number of fused-ring (bicyclic) bond motifs is 1. The highest BCUT2D eigenvalue weighted by Crippen LogP contribution is 2.27. The fourth-order valence-corrected chi connectivity index (χ4v) is 2.83. The summed E-state index contributed by atoms with van der Waals surface area (Å²) in [5.41, 5.74) is 0.692. The first kappa shape index (κ1) is 21.4. The Kier molecular flexibility index (Phi) is 6.17. The summed E-state index contributed by atoms with van der Waals surface area (Å²) in [6.45, 7) is 5.59. The number of carbonyl (C=O) groups excluding carboxylic acids is 2. The van der Waals surface area contributed by atoms with Gasteiger partial charge in [-0.25, -0.2) is 4.98 Å². The van der Waals surface area contributed by atoms with Crippen LogP contribution in [0.2, 0.25) is 0 Å². The lowest BCUT2D eigenvalue weighted by atomic mass is 9.91. The Labute approximate surface area is 174 Å². The lowest BCUT2D eigenvalue weighted by Gasteiger charge is -2.16. The molecule has 158 valence electrons. The van der Waals surface area contributed by atoms with E-state index < -0.39 is 5.41 Å². The van der Waals surface area contributed by atoms with Gasteiger partial charge in [-0.05, 0) is 18.2 Å². The fraction of sp³-hybridized carbons (Fsp3) is 0.364. The quantitative estimate of drug-likeness (QED) is 0.568. The number of hydrogen-bond donors (Lipinski definition) is 1. The highest BCUT2D eigenvalue weighted by Gasteiger charge is 2.25. The molecule has 0 saturated heterocycles. The number of ether oxygens (including phenoxy) is 2. The Bertz CT molecular complexity index is 1060. The standard InChI is InChI=1S/C22H25N3O5/c1-22(2,3)18(27)13-25-17-11-15(29-4)6-7-16(17)20(24-25)21(28)14-5-8-19(23-12-14)30-10-9-26/h5-8,11-12,26H,9-10,13H2,1-4H3. The Morgan fingerprint density at radius 2 is 1.93 bits per heavy atom.